The van der Waals surface area contributed by atoms with E-state index in [2.05, 4.69) is 20.4 Å². The summed E-state index contributed by atoms with van der Waals surface area (Å²) in [7, 11) is 0. The molecule has 0 aliphatic carbocycles. The second-order valence-corrected chi connectivity index (χ2v) is 7.07. The van der Waals surface area contributed by atoms with Crippen molar-refractivity contribution >= 4 is 5.91 Å². The van der Waals surface area contributed by atoms with Gasteiger partial charge in [-0.05, 0) is 57.1 Å². The van der Waals surface area contributed by atoms with Gasteiger partial charge in [0.05, 0.1) is 36.7 Å². The number of carbonyl (C=O) groups is 1. The summed E-state index contributed by atoms with van der Waals surface area (Å²) >= 11 is 0. The Hall–Kier alpha value is -2.31. The van der Waals surface area contributed by atoms with Gasteiger partial charge in [-0.3, -0.25) is 9.69 Å². The van der Waals surface area contributed by atoms with Gasteiger partial charge in [0.1, 0.15) is 0 Å². The van der Waals surface area contributed by atoms with Gasteiger partial charge in [-0.15, -0.1) is 0 Å². The normalized spacial score (nSPS) is 23.3. The molecule has 2 aromatic rings. The molecule has 2 saturated heterocycles. The fourth-order valence-electron chi connectivity index (χ4n) is 3.74. The lowest BCUT2D eigenvalue weighted by molar-refractivity contribution is 0.0916. The summed E-state index contributed by atoms with van der Waals surface area (Å²) in [6.07, 6.45) is 2.47. The number of carbonyl (C=O) groups excluding carboxylic acids is 1. The van der Waals surface area contributed by atoms with E-state index in [4.69, 9.17) is 4.74 Å². The maximum Gasteiger partial charge on any atom is 0.251 e. The first-order valence-corrected chi connectivity index (χ1v) is 9.24. The van der Waals surface area contributed by atoms with Gasteiger partial charge >= 0.3 is 0 Å². The summed E-state index contributed by atoms with van der Waals surface area (Å²) in [6.45, 7) is 5.38. The molecule has 6 nitrogen and oxygen atoms in total. The van der Waals surface area contributed by atoms with Gasteiger partial charge < -0.3 is 10.1 Å². The van der Waals surface area contributed by atoms with Crippen LogP contribution in [0.4, 0.5) is 0 Å². The first kappa shape index (κ1) is 17.1. The van der Waals surface area contributed by atoms with Gasteiger partial charge in [0.15, 0.2) is 0 Å². The van der Waals surface area contributed by atoms with Gasteiger partial charge in [-0.25, -0.2) is 0 Å². The molecule has 6 heteroatoms. The highest BCUT2D eigenvalue weighted by molar-refractivity contribution is 5.95. The van der Waals surface area contributed by atoms with Crippen LogP contribution in [0.25, 0.3) is 11.3 Å². The Morgan fingerprint density at radius 2 is 2.00 bits per heavy atom. The van der Waals surface area contributed by atoms with E-state index in [0.717, 1.165) is 30.0 Å². The minimum absolute atomic E-state index is 0.0448. The monoisotopic (exact) mass is 352 g/mol. The molecule has 0 bridgehead atoms. The van der Waals surface area contributed by atoms with Crippen molar-refractivity contribution in [3.63, 3.8) is 0 Å². The minimum Gasteiger partial charge on any atom is -0.378 e. The topological polar surface area (TPSA) is 67.3 Å². The van der Waals surface area contributed by atoms with E-state index in [-0.39, 0.29) is 18.0 Å². The van der Waals surface area contributed by atoms with Crippen LogP contribution in [0.5, 0.6) is 0 Å². The third-order valence-electron chi connectivity index (χ3n) is 5.20. The van der Waals surface area contributed by atoms with Crippen LogP contribution >= 0.6 is 0 Å². The Morgan fingerprint density at radius 3 is 2.77 bits per heavy atom. The van der Waals surface area contributed by atoms with Crippen molar-refractivity contribution in [3.8, 4) is 11.3 Å². The maximum absolute atomic E-state index is 12.8. The van der Waals surface area contributed by atoms with Gasteiger partial charge in [-0.1, -0.05) is 12.1 Å². The standard InChI is InChI=1S/C20H24N4O2/c1-14-7-8-17(23-22-14)15-5-4-6-16(11-15)20(25)21-18-12-26-13-19(18)24-9-2-3-10-24/h4-8,11,18-19H,2-3,9-10,12-13H2,1H3,(H,21,25)/t18-,19-/m0/s1. The Labute approximate surface area is 153 Å². The lowest BCUT2D eigenvalue weighted by Crippen LogP contribution is -2.50. The summed E-state index contributed by atoms with van der Waals surface area (Å²) < 4.78 is 5.65. The van der Waals surface area contributed by atoms with E-state index >= 15 is 0 Å². The summed E-state index contributed by atoms with van der Waals surface area (Å²) in [5.41, 5.74) is 3.17. The summed E-state index contributed by atoms with van der Waals surface area (Å²) in [5, 5.41) is 11.5. The number of rotatable bonds is 4. The Bertz CT molecular complexity index is 772. The lowest BCUT2D eigenvalue weighted by Gasteiger charge is -2.27. The number of ether oxygens (including phenoxy) is 1. The van der Waals surface area contributed by atoms with Gasteiger partial charge in [0, 0.05) is 11.1 Å². The Morgan fingerprint density at radius 1 is 1.15 bits per heavy atom. The number of benzene rings is 1. The molecule has 2 aliphatic heterocycles. The molecule has 1 amide bonds. The van der Waals surface area contributed by atoms with Crippen molar-refractivity contribution in [1.29, 1.82) is 0 Å². The van der Waals surface area contributed by atoms with E-state index in [9.17, 15) is 4.79 Å². The number of nitrogens with one attached hydrogen (secondary N) is 1. The highest BCUT2D eigenvalue weighted by Crippen LogP contribution is 2.21. The molecule has 26 heavy (non-hydrogen) atoms. The second kappa shape index (κ2) is 7.51. The van der Waals surface area contributed by atoms with Crippen LogP contribution in [-0.2, 0) is 4.74 Å². The highest BCUT2D eigenvalue weighted by Gasteiger charge is 2.35. The molecule has 136 valence electrons. The molecule has 1 aromatic carbocycles. The molecule has 0 saturated carbocycles. The van der Waals surface area contributed by atoms with E-state index in [1.807, 2.05) is 43.3 Å². The van der Waals surface area contributed by atoms with Crippen LogP contribution in [0, 0.1) is 6.92 Å². The molecule has 0 unspecified atom stereocenters. The van der Waals surface area contributed by atoms with Crippen molar-refractivity contribution in [3.05, 3.63) is 47.7 Å². The van der Waals surface area contributed by atoms with Gasteiger partial charge in [0.25, 0.3) is 5.91 Å². The SMILES string of the molecule is Cc1ccc(-c2cccc(C(=O)N[C@H]3COC[C@@H]3N3CCCC3)c2)nn1. The zero-order chi connectivity index (χ0) is 17.9. The average molecular weight is 352 g/mol. The first-order valence-electron chi connectivity index (χ1n) is 9.24. The molecule has 2 aliphatic rings. The van der Waals surface area contributed by atoms with E-state index in [1.165, 1.54) is 12.8 Å². The fourth-order valence-corrected chi connectivity index (χ4v) is 3.74. The van der Waals surface area contributed by atoms with Crippen molar-refractivity contribution in [2.24, 2.45) is 0 Å². The van der Waals surface area contributed by atoms with Crippen molar-refractivity contribution in [1.82, 2.24) is 20.4 Å². The molecule has 2 atom stereocenters. The number of aryl methyl sites for hydroxylation is 1. The predicted octanol–water partition coefficient (Wildman–Crippen LogP) is 2.05. The molecule has 0 radical (unpaired) electrons. The van der Waals surface area contributed by atoms with E-state index < -0.39 is 0 Å². The van der Waals surface area contributed by atoms with Crippen molar-refractivity contribution in [2.75, 3.05) is 26.3 Å². The van der Waals surface area contributed by atoms with Gasteiger partial charge in [-0.2, -0.15) is 10.2 Å². The third-order valence-corrected chi connectivity index (χ3v) is 5.20. The molecular weight excluding hydrogens is 328 g/mol. The highest BCUT2D eigenvalue weighted by atomic mass is 16.5. The summed E-state index contributed by atoms with van der Waals surface area (Å²) in [6, 6.07) is 11.7. The average Bonchev–Trinajstić information content (AvgIpc) is 3.34. The summed E-state index contributed by atoms with van der Waals surface area (Å²) in [5.74, 6) is -0.0633. The van der Waals surface area contributed by atoms with Crippen LogP contribution < -0.4 is 5.32 Å². The first-order chi connectivity index (χ1) is 12.7. The number of nitrogens with zero attached hydrogens (tertiary/aromatic N) is 3. The largest absolute Gasteiger partial charge is 0.378 e. The van der Waals surface area contributed by atoms with Crippen LogP contribution in [0.1, 0.15) is 28.9 Å². The number of likely N-dealkylation sites (tertiary alicyclic amines) is 1. The number of hydrogen-bond donors (Lipinski definition) is 1. The fraction of sp³-hybridized carbons (Fsp3) is 0.450. The molecule has 1 N–H and O–H groups in total. The maximum atomic E-state index is 12.8. The number of aromatic nitrogens is 2. The van der Waals surface area contributed by atoms with Crippen LogP contribution in [0.15, 0.2) is 36.4 Å². The smallest absolute Gasteiger partial charge is 0.251 e. The second-order valence-electron chi connectivity index (χ2n) is 7.07. The molecule has 0 spiro atoms. The van der Waals surface area contributed by atoms with Gasteiger partial charge in [0.2, 0.25) is 0 Å². The number of hydrogen-bond acceptors (Lipinski definition) is 5. The predicted molar refractivity (Wildman–Crippen MR) is 98.9 cm³/mol. The minimum atomic E-state index is -0.0633. The molecule has 2 fully saturated rings. The lowest BCUT2D eigenvalue weighted by atomic mass is 10.1. The zero-order valence-corrected chi connectivity index (χ0v) is 15.0. The zero-order valence-electron chi connectivity index (χ0n) is 15.0. The summed E-state index contributed by atoms with van der Waals surface area (Å²) in [4.78, 5) is 15.2. The molecule has 1 aromatic heterocycles. The number of amides is 1. The quantitative estimate of drug-likeness (QED) is 0.912. The van der Waals surface area contributed by atoms with Crippen LogP contribution in [-0.4, -0.2) is 59.4 Å². The van der Waals surface area contributed by atoms with Crippen molar-refractivity contribution < 1.29 is 9.53 Å². The molecule has 4 rings (SSSR count). The Kier molecular flexibility index (Phi) is 4.95. The molecule has 3 heterocycles. The van der Waals surface area contributed by atoms with Crippen LogP contribution in [0.2, 0.25) is 0 Å². The Balaban J connectivity index is 1.48. The van der Waals surface area contributed by atoms with Crippen LogP contribution in [0.3, 0.4) is 0 Å². The third kappa shape index (κ3) is 3.61. The van der Waals surface area contributed by atoms with E-state index in [1.54, 1.807) is 0 Å². The van der Waals surface area contributed by atoms with E-state index in [0.29, 0.717) is 18.8 Å². The molecular formula is C20H24N4O2. The van der Waals surface area contributed by atoms with Crippen molar-refractivity contribution in [2.45, 2.75) is 31.8 Å².